The number of aliphatic carboxylic acids is 1. The normalized spacial score (nSPS) is 25.0. The Morgan fingerprint density at radius 1 is 1.24 bits per heavy atom. The predicted molar refractivity (Wildman–Crippen MR) is 117 cm³/mol. The Kier molecular flexibility index (Phi) is 10.1. The SMILES string of the molecule is CCC(CC)OC(=O)C[C@H](O)C(=O)OC[C@H]1O[C@@H](N2C=CCC(C(=O)O)=C2)C(OC(C)=O)[C@@H]1C. The van der Waals surface area contributed by atoms with Crippen molar-refractivity contribution in [2.45, 2.75) is 84.0 Å². The topological polar surface area (TPSA) is 149 Å². The summed E-state index contributed by atoms with van der Waals surface area (Å²) in [4.78, 5) is 48.6. The van der Waals surface area contributed by atoms with Crippen molar-refractivity contribution in [1.82, 2.24) is 4.90 Å². The van der Waals surface area contributed by atoms with Crippen molar-refractivity contribution in [3.05, 3.63) is 24.0 Å². The van der Waals surface area contributed by atoms with Crippen LogP contribution in [0.25, 0.3) is 0 Å². The third kappa shape index (κ3) is 7.29. The van der Waals surface area contributed by atoms with Gasteiger partial charge in [0.05, 0.1) is 12.0 Å². The molecule has 34 heavy (non-hydrogen) atoms. The molecule has 0 bridgehead atoms. The van der Waals surface area contributed by atoms with Gasteiger partial charge in [-0.25, -0.2) is 9.59 Å². The zero-order valence-electron chi connectivity index (χ0n) is 19.8. The molecule has 2 aliphatic heterocycles. The summed E-state index contributed by atoms with van der Waals surface area (Å²) in [5, 5.41) is 19.3. The van der Waals surface area contributed by atoms with E-state index in [1.165, 1.54) is 18.0 Å². The summed E-state index contributed by atoms with van der Waals surface area (Å²) < 4.78 is 21.7. The van der Waals surface area contributed by atoms with E-state index in [0.717, 1.165) is 0 Å². The van der Waals surface area contributed by atoms with Gasteiger partial charge < -0.3 is 34.1 Å². The van der Waals surface area contributed by atoms with E-state index >= 15 is 0 Å². The zero-order chi connectivity index (χ0) is 25.4. The lowest BCUT2D eigenvalue weighted by molar-refractivity contribution is -0.166. The quantitative estimate of drug-likeness (QED) is 0.325. The van der Waals surface area contributed by atoms with Crippen molar-refractivity contribution in [3.63, 3.8) is 0 Å². The summed E-state index contributed by atoms with van der Waals surface area (Å²) in [5.41, 5.74) is 0.138. The lowest BCUT2D eigenvalue weighted by atomic mass is 10.00. The van der Waals surface area contributed by atoms with Gasteiger partial charge in [-0.3, -0.25) is 9.59 Å². The van der Waals surface area contributed by atoms with Crippen molar-refractivity contribution in [2.75, 3.05) is 6.61 Å². The molecular formula is C23H33NO10. The molecule has 5 atom stereocenters. The molecule has 2 N–H and O–H groups in total. The first-order chi connectivity index (χ1) is 16.1. The summed E-state index contributed by atoms with van der Waals surface area (Å²) in [6.45, 7) is 6.45. The van der Waals surface area contributed by atoms with Gasteiger partial charge in [-0.15, -0.1) is 0 Å². The summed E-state index contributed by atoms with van der Waals surface area (Å²) >= 11 is 0. The monoisotopic (exact) mass is 483 g/mol. The van der Waals surface area contributed by atoms with E-state index in [2.05, 4.69) is 0 Å². The van der Waals surface area contributed by atoms with E-state index in [1.54, 1.807) is 19.2 Å². The number of carboxylic acid groups (broad SMARTS) is 1. The van der Waals surface area contributed by atoms with Gasteiger partial charge >= 0.3 is 23.9 Å². The van der Waals surface area contributed by atoms with Crippen LogP contribution in [-0.2, 0) is 38.1 Å². The molecule has 2 aliphatic rings. The van der Waals surface area contributed by atoms with Gasteiger partial charge in [0.15, 0.2) is 18.4 Å². The highest BCUT2D eigenvalue weighted by molar-refractivity contribution is 5.87. The molecule has 1 unspecified atom stereocenters. The average molecular weight is 484 g/mol. The van der Waals surface area contributed by atoms with Crippen molar-refractivity contribution < 1.29 is 48.3 Å². The molecule has 0 radical (unpaired) electrons. The van der Waals surface area contributed by atoms with Crippen molar-refractivity contribution >= 4 is 23.9 Å². The highest BCUT2D eigenvalue weighted by atomic mass is 16.6. The van der Waals surface area contributed by atoms with Crippen LogP contribution in [0.1, 0.15) is 53.4 Å². The lowest BCUT2D eigenvalue weighted by Crippen LogP contribution is -2.40. The fraction of sp³-hybridized carbons (Fsp3) is 0.652. The molecule has 2 heterocycles. The van der Waals surface area contributed by atoms with Crippen LogP contribution in [0, 0.1) is 5.92 Å². The second-order valence-corrected chi connectivity index (χ2v) is 8.27. The minimum atomic E-state index is -1.69. The molecule has 0 saturated carbocycles. The molecule has 11 heteroatoms. The van der Waals surface area contributed by atoms with E-state index in [0.29, 0.717) is 12.8 Å². The lowest BCUT2D eigenvalue weighted by Gasteiger charge is -2.30. The first-order valence-electron chi connectivity index (χ1n) is 11.3. The Balaban J connectivity index is 2.00. The van der Waals surface area contributed by atoms with Gasteiger partial charge in [0.2, 0.25) is 0 Å². The Bertz CT molecular complexity index is 819. The van der Waals surface area contributed by atoms with Crippen LogP contribution in [0.15, 0.2) is 24.0 Å². The van der Waals surface area contributed by atoms with E-state index in [-0.39, 0.29) is 24.7 Å². The smallest absolute Gasteiger partial charge is 0.335 e. The third-order valence-corrected chi connectivity index (χ3v) is 5.72. The largest absolute Gasteiger partial charge is 0.478 e. The Hall–Kier alpha value is -2.92. The van der Waals surface area contributed by atoms with Crippen LogP contribution in [-0.4, -0.2) is 76.2 Å². The number of aliphatic hydroxyl groups excluding tert-OH is 1. The summed E-state index contributed by atoms with van der Waals surface area (Å²) in [5.74, 6) is -3.74. The van der Waals surface area contributed by atoms with Crippen LogP contribution >= 0.6 is 0 Å². The van der Waals surface area contributed by atoms with Crippen LogP contribution < -0.4 is 0 Å². The van der Waals surface area contributed by atoms with E-state index in [1.807, 2.05) is 13.8 Å². The van der Waals surface area contributed by atoms with E-state index < -0.39 is 60.8 Å². The van der Waals surface area contributed by atoms with Gasteiger partial charge in [0.25, 0.3) is 0 Å². The maximum absolute atomic E-state index is 12.2. The molecule has 1 saturated heterocycles. The minimum Gasteiger partial charge on any atom is -0.478 e. The minimum absolute atomic E-state index is 0.138. The Morgan fingerprint density at radius 2 is 1.91 bits per heavy atom. The van der Waals surface area contributed by atoms with Crippen molar-refractivity contribution in [1.29, 1.82) is 0 Å². The number of carbonyl (C=O) groups is 4. The number of esters is 3. The number of hydrogen-bond donors (Lipinski definition) is 2. The molecule has 0 aromatic rings. The van der Waals surface area contributed by atoms with Crippen molar-refractivity contribution in [2.24, 2.45) is 5.92 Å². The molecule has 2 rings (SSSR count). The number of hydrogen-bond acceptors (Lipinski definition) is 10. The number of allylic oxidation sites excluding steroid dienone is 1. The fourth-order valence-corrected chi connectivity index (χ4v) is 3.71. The number of ether oxygens (including phenoxy) is 4. The molecule has 0 spiro atoms. The molecule has 0 aromatic heterocycles. The highest BCUT2D eigenvalue weighted by Crippen LogP contribution is 2.33. The van der Waals surface area contributed by atoms with E-state index in [4.69, 9.17) is 18.9 Å². The Morgan fingerprint density at radius 3 is 2.50 bits per heavy atom. The van der Waals surface area contributed by atoms with Gasteiger partial charge in [0, 0.05) is 31.7 Å². The molecule has 0 aromatic carbocycles. The maximum Gasteiger partial charge on any atom is 0.335 e. The van der Waals surface area contributed by atoms with Gasteiger partial charge in [-0.1, -0.05) is 26.8 Å². The second kappa shape index (κ2) is 12.5. The molecule has 0 aliphatic carbocycles. The van der Waals surface area contributed by atoms with Crippen LogP contribution in [0.4, 0.5) is 0 Å². The Labute approximate surface area is 198 Å². The predicted octanol–water partition coefficient (Wildman–Crippen LogP) is 1.49. The van der Waals surface area contributed by atoms with Gasteiger partial charge in [-0.05, 0) is 12.8 Å². The fourth-order valence-electron chi connectivity index (χ4n) is 3.71. The van der Waals surface area contributed by atoms with Crippen LogP contribution in [0.3, 0.4) is 0 Å². The first-order valence-corrected chi connectivity index (χ1v) is 11.3. The number of aliphatic hydroxyl groups is 1. The zero-order valence-corrected chi connectivity index (χ0v) is 19.8. The van der Waals surface area contributed by atoms with Crippen LogP contribution in [0.5, 0.6) is 0 Å². The van der Waals surface area contributed by atoms with Gasteiger partial charge in [0.1, 0.15) is 18.8 Å². The molecular weight excluding hydrogens is 450 g/mol. The first kappa shape index (κ1) is 27.3. The number of rotatable bonds is 11. The molecule has 0 amide bonds. The highest BCUT2D eigenvalue weighted by Gasteiger charge is 2.47. The molecule has 11 nitrogen and oxygen atoms in total. The van der Waals surface area contributed by atoms with Crippen molar-refractivity contribution in [3.8, 4) is 0 Å². The summed E-state index contributed by atoms with van der Waals surface area (Å²) in [7, 11) is 0. The standard InChI is InChI=1S/C23H33NO10/c1-5-16(6-2)33-19(27)10-17(26)23(30)31-12-18-13(3)20(32-14(4)25)21(34-18)24-9-7-8-15(11-24)22(28)29/h7,9,11,13,16-18,20-21,26H,5-6,8,10,12H2,1-4H3,(H,28,29)/t13-,17+,18-,20?,21-/m1/s1. The number of nitrogens with zero attached hydrogens (tertiary/aromatic N) is 1. The average Bonchev–Trinajstić information content (AvgIpc) is 3.10. The summed E-state index contributed by atoms with van der Waals surface area (Å²) in [6, 6.07) is 0. The van der Waals surface area contributed by atoms with Crippen LogP contribution in [0.2, 0.25) is 0 Å². The number of carboxylic acids is 1. The third-order valence-electron chi connectivity index (χ3n) is 5.72. The summed E-state index contributed by atoms with van der Waals surface area (Å²) in [6.07, 6.45) is 1.35. The molecule has 1 fully saturated rings. The van der Waals surface area contributed by atoms with E-state index in [9.17, 15) is 29.4 Å². The molecule has 190 valence electrons. The maximum atomic E-state index is 12.2. The van der Waals surface area contributed by atoms with Gasteiger partial charge in [-0.2, -0.15) is 0 Å². The second-order valence-electron chi connectivity index (χ2n) is 8.27. The number of carbonyl (C=O) groups excluding carboxylic acids is 3.